The quantitative estimate of drug-likeness (QED) is 0.760. The monoisotopic (exact) mass is 336 g/mol. The van der Waals surface area contributed by atoms with Gasteiger partial charge in [-0.2, -0.15) is 0 Å². The average Bonchev–Trinajstić information content (AvgIpc) is 3.31. The van der Waals surface area contributed by atoms with Crippen molar-refractivity contribution in [2.24, 2.45) is 5.92 Å². The van der Waals surface area contributed by atoms with Gasteiger partial charge in [0.1, 0.15) is 0 Å². The molecule has 0 aliphatic heterocycles. The molecule has 110 valence electrons. The van der Waals surface area contributed by atoms with Crippen LogP contribution in [0.1, 0.15) is 44.6 Å². The lowest BCUT2D eigenvalue weighted by molar-refractivity contribution is 0.686. The Morgan fingerprint density at radius 2 is 2.05 bits per heavy atom. The van der Waals surface area contributed by atoms with Crippen LogP contribution in [-0.4, -0.2) is 19.1 Å². The molecule has 0 unspecified atom stereocenters. The van der Waals surface area contributed by atoms with Crippen molar-refractivity contribution in [1.29, 1.82) is 0 Å². The van der Waals surface area contributed by atoms with Crippen molar-refractivity contribution in [2.75, 3.05) is 18.0 Å². The molecule has 0 amide bonds. The zero-order valence-electron chi connectivity index (χ0n) is 12.4. The molecule has 1 aromatic carbocycles. The number of anilines is 1. The van der Waals surface area contributed by atoms with E-state index in [9.17, 15) is 0 Å². The molecule has 0 spiro atoms. The van der Waals surface area contributed by atoms with E-state index >= 15 is 0 Å². The van der Waals surface area contributed by atoms with Gasteiger partial charge in [-0.15, -0.1) is 0 Å². The van der Waals surface area contributed by atoms with E-state index in [-0.39, 0.29) is 0 Å². The molecule has 0 heterocycles. The third kappa shape index (κ3) is 3.98. The minimum absolute atomic E-state index is 0.778. The summed E-state index contributed by atoms with van der Waals surface area (Å²) < 4.78 is 1.25. The van der Waals surface area contributed by atoms with Crippen molar-refractivity contribution in [3.63, 3.8) is 0 Å². The lowest BCUT2D eigenvalue weighted by atomic mass is 10.1. The molecular weight excluding hydrogens is 312 g/mol. The fourth-order valence-electron chi connectivity index (χ4n) is 2.66. The van der Waals surface area contributed by atoms with E-state index in [4.69, 9.17) is 0 Å². The van der Waals surface area contributed by atoms with Crippen molar-refractivity contribution < 1.29 is 0 Å². The van der Waals surface area contributed by atoms with Crippen LogP contribution in [0.4, 0.5) is 5.69 Å². The van der Waals surface area contributed by atoms with Crippen LogP contribution >= 0.6 is 15.9 Å². The third-order valence-electron chi connectivity index (χ3n) is 4.19. The van der Waals surface area contributed by atoms with Gasteiger partial charge in [-0.1, -0.05) is 13.0 Å². The predicted octanol–water partition coefficient (Wildman–Crippen LogP) is 4.33. The first kappa shape index (κ1) is 14.4. The van der Waals surface area contributed by atoms with E-state index in [2.05, 4.69) is 51.3 Å². The average molecular weight is 337 g/mol. The van der Waals surface area contributed by atoms with Gasteiger partial charge in [-0.3, -0.25) is 0 Å². The normalized spacial score (nSPS) is 18.3. The van der Waals surface area contributed by atoms with Gasteiger partial charge < -0.3 is 10.2 Å². The zero-order chi connectivity index (χ0) is 13.9. The Labute approximate surface area is 131 Å². The summed E-state index contributed by atoms with van der Waals surface area (Å²) in [5, 5.41) is 3.58. The first-order valence-corrected chi connectivity index (χ1v) is 8.82. The fourth-order valence-corrected chi connectivity index (χ4v) is 3.34. The summed E-state index contributed by atoms with van der Waals surface area (Å²) in [5.41, 5.74) is 2.75. The van der Waals surface area contributed by atoms with E-state index < -0.39 is 0 Å². The van der Waals surface area contributed by atoms with E-state index in [1.807, 2.05) is 0 Å². The Hall–Kier alpha value is -0.540. The molecular formula is C17H25BrN2. The van der Waals surface area contributed by atoms with Crippen molar-refractivity contribution in [3.05, 3.63) is 28.2 Å². The van der Waals surface area contributed by atoms with E-state index in [0.717, 1.165) is 25.0 Å². The molecule has 2 saturated carbocycles. The maximum absolute atomic E-state index is 3.78. The maximum atomic E-state index is 3.78. The lowest BCUT2D eigenvalue weighted by Crippen LogP contribution is -2.27. The Balaban J connectivity index is 1.66. The van der Waals surface area contributed by atoms with Gasteiger partial charge in [-0.05, 0) is 71.6 Å². The summed E-state index contributed by atoms with van der Waals surface area (Å²) in [6, 6.07) is 7.65. The van der Waals surface area contributed by atoms with Crippen LogP contribution < -0.4 is 10.2 Å². The Morgan fingerprint density at radius 3 is 2.65 bits per heavy atom. The highest BCUT2D eigenvalue weighted by Gasteiger charge is 2.25. The summed E-state index contributed by atoms with van der Waals surface area (Å²) >= 11 is 3.78. The number of hydrogen-bond acceptors (Lipinski definition) is 2. The smallest absolute Gasteiger partial charge is 0.0510 e. The number of benzene rings is 1. The van der Waals surface area contributed by atoms with Crippen LogP contribution in [0.25, 0.3) is 0 Å². The molecule has 1 N–H and O–H groups in total. The van der Waals surface area contributed by atoms with Crippen LogP contribution in [0.15, 0.2) is 22.7 Å². The largest absolute Gasteiger partial charge is 0.370 e. The summed E-state index contributed by atoms with van der Waals surface area (Å²) in [7, 11) is 0. The number of nitrogens with one attached hydrogen (secondary N) is 1. The summed E-state index contributed by atoms with van der Waals surface area (Å²) in [6.45, 7) is 5.66. The van der Waals surface area contributed by atoms with Gasteiger partial charge in [0, 0.05) is 30.1 Å². The molecule has 2 aliphatic rings. The molecule has 0 atom stereocenters. The third-order valence-corrected chi connectivity index (χ3v) is 4.83. The van der Waals surface area contributed by atoms with Gasteiger partial charge in [0.2, 0.25) is 0 Å². The fraction of sp³-hybridized carbons (Fsp3) is 0.647. The van der Waals surface area contributed by atoms with Gasteiger partial charge >= 0.3 is 0 Å². The molecule has 2 aliphatic carbocycles. The first-order chi connectivity index (χ1) is 9.76. The minimum atomic E-state index is 0.778. The predicted molar refractivity (Wildman–Crippen MR) is 89.2 cm³/mol. The lowest BCUT2D eigenvalue weighted by Gasteiger charge is -2.26. The number of hydrogen-bond donors (Lipinski definition) is 1. The highest BCUT2D eigenvalue weighted by atomic mass is 79.9. The number of nitrogens with zero attached hydrogens (tertiary/aromatic N) is 1. The maximum Gasteiger partial charge on any atom is 0.0510 e. The zero-order valence-corrected chi connectivity index (χ0v) is 14.0. The van der Waals surface area contributed by atoms with Crippen LogP contribution in [0.2, 0.25) is 0 Å². The highest BCUT2D eigenvalue weighted by Crippen LogP contribution is 2.34. The van der Waals surface area contributed by atoms with Crippen molar-refractivity contribution in [2.45, 2.75) is 51.6 Å². The van der Waals surface area contributed by atoms with Crippen LogP contribution in [0.5, 0.6) is 0 Å². The van der Waals surface area contributed by atoms with Crippen LogP contribution in [0, 0.1) is 5.92 Å². The Kier molecular flexibility index (Phi) is 4.67. The first-order valence-electron chi connectivity index (χ1n) is 8.03. The van der Waals surface area contributed by atoms with Gasteiger partial charge in [0.25, 0.3) is 0 Å². The molecule has 0 bridgehead atoms. The summed E-state index contributed by atoms with van der Waals surface area (Å²) in [5.74, 6) is 0.935. The second-order valence-electron chi connectivity index (χ2n) is 6.33. The molecule has 20 heavy (non-hydrogen) atoms. The molecule has 0 saturated heterocycles. The second kappa shape index (κ2) is 6.48. The van der Waals surface area contributed by atoms with Gasteiger partial charge in [-0.25, -0.2) is 0 Å². The van der Waals surface area contributed by atoms with Crippen LogP contribution in [0.3, 0.4) is 0 Å². The molecule has 0 aromatic heterocycles. The summed E-state index contributed by atoms with van der Waals surface area (Å²) in [4.78, 5) is 2.56. The van der Waals surface area contributed by atoms with Crippen molar-refractivity contribution >= 4 is 21.6 Å². The standard InChI is InChI=1S/C17H25BrN2/c1-2-9-20(12-13-3-4-13)17-8-5-14(10-16(17)18)11-19-15-6-7-15/h5,8,10,13,15,19H,2-4,6-7,9,11-12H2,1H3. The molecule has 3 heteroatoms. The van der Waals surface area contributed by atoms with Gasteiger partial charge in [0.05, 0.1) is 5.69 Å². The molecule has 0 radical (unpaired) electrons. The van der Waals surface area contributed by atoms with Crippen LogP contribution in [-0.2, 0) is 6.54 Å². The Morgan fingerprint density at radius 1 is 1.25 bits per heavy atom. The van der Waals surface area contributed by atoms with E-state index in [1.165, 1.54) is 54.4 Å². The molecule has 1 aromatic rings. The number of halogens is 1. The highest BCUT2D eigenvalue weighted by molar-refractivity contribution is 9.10. The van der Waals surface area contributed by atoms with Crippen molar-refractivity contribution in [3.8, 4) is 0 Å². The molecule has 2 nitrogen and oxygen atoms in total. The van der Waals surface area contributed by atoms with Crippen molar-refractivity contribution in [1.82, 2.24) is 5.32 Å². The van der Waals surface area contributed by atoms with E-state index in [0.29, 0.717) is 0 Å². The molecule has 3 rings (SSSR count). The number of rotatable bonds is 8. The Bertz CT molecular complexity index is 452. The minimum Gasteiger partial charge on any atom is -0.370 e. The molecule has 2 fully saturated rings. The van der Waals surface area contributed by atoms with Gasteiger partial charge in [0.15, 0.2) is 0 Å². The van der Waals surface area contributed by atoms with E-state index in [1.54, 1.807) is 0 Å². The topological polar surface area (TPSA) is 15.3 Å². The SMILES string of the molecule is CCCN(CC1CC1)c1ccc(CNC2CC2)cc1Br. The summed E-state index contributed by atoms with van der Waals surface area (Å²) in [6.07, 6.45) is 6.75. The second-order valence-corrected chi connectivity index (χ2v) is 7.18.